The van der Waals surface area contributed by atoms with Crippen LogP contribution in [0.3, 0.4) is 0 Å². The lowest BCUT2D eigenvalue weighted by atomic mass is 9.83. The number of phenols is 1. The van der Waals surface area contributed by atoms with Crippen molar-refractivity contribution in [2.75, 3.05) is 7.11 Å². The molecule has 0 aromatic heterocycles. The van der Waals surface area contributed by atoms with Crippen molar-refractivity contribution in [1.82, 2.24) is 0 Å². The van der Waals surface area contributed by atoms with Gasteiger partial charge in [0, 0.05) is 6.42 Å². The highest BCUT2D eigenvalue weighted by atomic mass is 79.9. The number of aryl methyl sites for hydroxylation is 1. The maximum Gasteiger partial charge on any atom is 0.354 e. The number of ketones is 1. The lowest BCUT2D eigenvalue weighted by molar-refractivity contribution is -0.175. The number of fused-ring (bicyclic) bond motifs is 1. The molecule has 2 aliphatic rings. The molecule has 0 amide bonds. The minimum Gasteiger partial charge on any atom is -0.506 e. The van der Waals surface area contributed by atoms with Crippen LogP contribution in [0.25, 0.3) is 0 Å². The molecule has 2 atom stereocenters. The number of esters is 2. The highest BCUT2D eigenvalue weighted by Crippen LogP contribution is 2.46. The van der Waals surface area contributed by atoms with E-state index in [0.29, 0.717) is 10.0 Å². The number of rotatable bonds is 2. The van der Waals surface area contributed by atoms with Crippen LogP contribution in [-0.2, 0) is 19.1 Å². The average molecular weight is 399 g/mol. The molecular formula is C16H15BrO7. The summed E-state index contributed by atoms with van der Waals surface area (Å²) in [4.78, 5) is 36.5. The Hall–Kier alpha value is -2.09. The molecular weight excluding hydrogens is 384 g/mol. The molecule has 1 aromatic rings. The second-order valence-corrected chi connectivity index (χ2v) is 6.62. The Balaban J connectivity index is 2.13. The molecule has 2 heterocycles. The Labute approximate surface area is 146 Å². The van der Waals surface area contributed by atoms with Crippen LogP contribution in [0.2, 0.25) is 0 Å². The molecule has 8 heteroatoms. The van der Waals surface area contributed by atoms with Crippen LogP contribution in [0.5, 0.6) is 11.5 Å². The number of ether oxygens (including phenoxy) is 3. The van der Waals surface area contributed by atoms with Crippen molar-refractivity contribution in [3.05, 3.63) is 21.7 Å². The Bertz CT molecular complexity index is 757. The number of cyclic esters (lactones) is 1. The number of Topliss-reactive ketones (excluding diaryl/α,β-unsaturated/α-hetero) is 1. The maximum atomic E-state index is 12.6. The second kappa shape index (κ2) is 5.77. The molecule has 1 saturated heterocycles. The SMILES string of the molecule is COC(=O)[C@]1([C@H]2CCC(=O)O2)CC(=O)c2c(cc(C)c(Br)c2O)O1. The van der Waals surface area contributed by atoms with E-state index in [1.54, 1.807) is 13.0 Å². The summed E-state index contributed by atoms with van der Waals surface area (Å²) in [5, 5.41) is 10.2. The van der Waals surface area contributed by atoms with Gasteiger partial charge in [-0.2, -0.15) is 0 Å². The second-order valence-electron chi connectivity index (χ2n) is 5.83. The summed E-state index contributed by atoms with van der Waals surface area (Å²) in [5.74, 6) is -1.90. The van der Waals surface area contributed by atoms with E-state index in [0.717, 1.165) is 0 Å². The molecule has 7 nitrogen and oxygen atoms in total. The fourth-order valence-corrected chi connectivity index (χ4v) is 3.42. The molecule has 0 saturated carbocycles. The quantitative estimate of drug-likeness (QED) is 0.760. The van der Waals surface area contributed by atoms with Gasteiger partial charge < -0.3 is 19.3 Å². The van der Waals surface area contributed by atoms with Crippen LogP contribution in [0.15, 0.2) is 10.5 Å². The van der Waals surface area contributed by atoms with Crippen LogP contribution < -0.4 is 4.74 Å². The Kier molecular flexibility index (Phi) is 4.03. The highest BCUT2D eigenvalue weighted by molar-refractivity contribution is 9.10. The van der Waals surface area contributed by atoms with Crippen molar-refractivity contribution < 1.29 is 33.7 Å². The zero-order valence-electron chi connectivity index (χ0n) is 13.1. The van der Waals surface area contributed by atoms with Gasteiger partial charge in [0.15, 0.2) is 11.9 Å². The van der Waals surface area contributed by atoms with Crippen molar-refractivity contribution in [1.29, 1.82) is 0 Å². The summed E-state index contributed by atoms with van der Waals surface area (Å²) < 4.78 is 16.2. The van der Waals surface area contributed by atoms with Gasteiger partial charge in [0.25, 0.3) is 0 Å². The largest absolute Gasteiger partial charge is 0.506 e. The number of aromatic hydroxyl groups is 1. The molecule has 1 N–H and O–H groups in total. The Morgan fingerprint density at radius 3 is 2.75 bits per heavy atom. The van der Waals surface area contributed by atoms with Crippen LogP contribution in [0.4, 0.5) is 0 Å². The van der Waals surface area contributed by atoms with Gasteiger partial charge in [0.05, 0.1) is 18.0 Å². The van der Waals surface area contributed by atoms with Gasteiger partial charge in [0.1, 0.15) is 17.1 Å². The Morgan fingerprint density at radius 2 is 2.17 bits per heavy atom. The van der Waals surface area contributed by atoms with Gasteiger partial charge in [-0.15, -0.1) is 0 Å². The molecule has 0 bridgehead atoms. The third-order valence-corrected chi connectivity index (χ3v) is 5.32. The summed E-state index contributed by atoms with van der Waals surface area (Å²) in [7, 11) is 1.18. The van der Waals surface area contributed by atoms with E-state index in [2.05, 4.69) is 15.9 Å². The van der Waals surface area contributed by atoms with E-state index < -0.39 is 29.4 Å². The van der Waals surface area contributed by atoms with Gasteiger partial charge in [-0.25, -0.2) is 4.79 Å². The minimum atomic E-state index is -1.74. The van der Waals surface area contributed by atoms with Crippen molar-refractivity contribution in [3.8, 4) is 11.5 Å². The first kappa shape index (κ1) is 16.8. The summed E-state index contributed by atoms with van der Waals surface area (Å²) >= 11 is 3.21. The standard InChI is InChI=1S/C16H15BrO7/c1-7-5-9-12(14(20)13(7)17)8(18)6-16(24-9,15(21)22-2)10-3-4-11(19)23-10/h5,10,20H,3-4,6H2,1-2H3/t10-,16-/m1/s1. The topological polar surface area (TPSA) is 99.1 Å². The average Bonchev–Trinajstić information content (AvgIpc) is 2.98. The number of benzene rings is 1. The van der Waals surface area contributed by atoms with Crippen molar-refractivity contribution in [2.24, 2.45) is 0 Å². The number of hydrogen-bond acceptors (Lipinski definition) is 7. The van der Waals surface area contributed by atoms with E-state index in [-0.39, 0.29) is 36.3 Å². The molecule has 0 aliphatic carbocycles. The van der Waals surface area contributed by atoms with E-state index in [1.807, 2.05) is 0 Å². The molecule has 24 heavy (non-hydrogen) atoms. The van der Waals surface area contributed by atoms with Crippen molar-refractivity contribution >= 4 is 33.7 Å². The molecule has 1 aromatic carbocycles. The number of methoxy groups -OCH3 is 1. The van der Waals surface area contributed by atoms with Crippen LogP contribution >= 0.6 is 15.9 Å². The third kappa shape index (κ3) is 2.36. The number of carbonyl (C=O) groups is 3. The van der Waals surface area contributed by atoms with Gasteiger partial charge in [0.2, 0.25) is 5.60 Å². The molecule has 0 unspecified atom stereocenters. The first-order valence-corrected chi connectivity index (χ1v) is 8.11. The summed E-state index contributed by atoms with van der Waals surface area (Å²) in [6, 6.07) is 1.55. The molecule has 1 fully saturated rings. The fraction of sp³-hybridized carbons (Fsp3) is 0.438. The van der Waals surface area contributed by atoms with E-state index in [1.165, 1.54) is 7.11 Å². The molecule has 0 radical (unpaired) electrons. The number of halogens is 1. The molecule has 2 aliphatic heterocycles. The molecule has 128 valence electrons. The van der Waals surface area contributed by atoms with Gasteiger partial charge in [-0.1, -0.05) is 0 Å². The summed E-state index contributed by atoms with van der Waals surface area (Å²) in [5.41, 5.74) is -1.11. The Morgan fingerprint density at radius 1 is 1.46 bits per heavy atom. The fourth-order valence-electron chi connectivity index (χ4n) is 3.11. The van der Waals surface area contributed by atoms with Gasteiger partial charge >= 0.3 is 11.9 Å². The zero-order valence-corrected chi connectivity index (χ0v) is 14.6. The highest BCUT2D eigenvalue weighted by Gasteiger charge is 2.58. The number of hydrogen-bond donors (Lipinski definition) is 1. The van der Waals surface area contributed by atoms with Crippen LogP contribution in [0, 0.1) is 6.92 Å². The summed E-state index contributed by atoms with van der Waals surface area (Å²) in [6.45, 7) is 1.71. The van der Waals surface area contributed by atoms with Crippen LogP contribution in [0.1, 0.15) is 35.2 Å². The predicted molar refractivity (Wildman–Crippen MR) is 84.0 cm³/mol. The summed E-state index contributed by atoms with van der Waals surface area (Å²) in [6.07, 6.45) is -0.912. The lowest BCUT2D eigenvalue weighted by Crippen LogP contribution is -2.58. The van der Waals surface area contributed by atoms with Gasteiger partial charge in [-0.05, 0) is 40.9 Å². The smallest absolute Gasteiger partial charge is 0.354 e. The maximum absolute atomic E-state index is 12.6. The van der Waals surface area contributed by atoms with Gasteiger partial charge in [-0.3, -0.25) is 9.59 Å². The third-order valence-electron chi connectivity index (χ3n) is 4.31. The van der Waals surface area contributed by atoms with Crippen molar-refractivity contribution in [3.63, 3.8) is 0 Å². The molecule has 3 rings (SSSR count). The number of carbonyl (C=O) groups excluding carboxylic acids is 3. The van der Waals surface area contributed by atoms with E-state index >= 15 is 0 Å². The van der Waals surface area contributed by atoms with Crippen molar-refractivity contribution in [2.45, 2.75) is 37.9 Å². The zero-order chi connectivity index (χ0) is 17.6. The number of phenolic OH excluding ortho intramolecular Hbond substituents is 1. The van der Waals surface area contributed by atoms with E-state index in [9.17, 15) is 19.5 Å². The normalized spacial score (nSPS) is 25.7. The monoisotopic (exact) mass is 398 g/mol. The first-order valence-electron chi connectivity index (χ1n) is 7.32. The van der Waals surface area contributed by atoms with E-state index in [4.69, 9.17) is 14.2 Å². The lowest BCUT2D eigenvalue weighted by Gasteiger charge is -2.38. The molecule has 0 spiro atoms. The van der Waals surface area contributed by atoms with Crippen LogP contribution in [-0.4, -0.2) is 41.6 Å². The predicted octanol–water partition coefficient (Wildman–Crippen LogP) is 2.05. The first-order chi connectivity index (χ1) is 11.3. The minimum absolute atomic E-state index is 0.00340.